The third-order valence-electron chi connectivity index (χ3n) is 1.83. The van der Waals surface area contributed by atoms with Crippen LogP contribution in [0.25, 0.3) is 0 Å². The summed E-state index contributed by atoms with van der Waals surface area (Å²) in [6.45, 7) is 0.874. The van der Waals surface area contributed by atoms with Gasteiger partial charge in [-0.25, -0.2) is 0 Å². The molecule has 1 heterocycles. The van der Waals surface area contributed by atoms with Gasteiger partial charge in [-0.3, -0.25) is 9.48 Å². The van der Waals surface area contributed by atoms with E-state index >= 15 is 0 Å². The SMILES string of the molecule is CNCCCC(=O)c1ccn(C)n1. The first-order chi connectivity index (χ1) is 6.24. The van der Waals surface area contributed by atoms with E-state index in [0.29, 0.717) is 12.1 Å². The quantitative estimate of drug-likeness (QED) is 0.534. The van der Waals surface area contributed by atoms with Crippen molar-refractivity contribution in [2.75, 3.05) is 13.6 Å². The maximum Gasteiger partial charge on any atom is 0.183 e. The lowest BCUT2D eigenvalue weighted by Gasteiger charge is -1.96. The van der Waals surface area contributed by atoms with Crippen LogP contribution in [0.1, 0.15) is 23.3 Å². The van der Waals surface area contributed by atoms with Gasteiger partial charge in [0.05, 0.1) is 0 Å². The molecule has 1 aromatic heterocycles. The number of hydrogen-bond donors (Lipinski definition) is 1. The Kier molecular flexibility index (Phi) is 3.64. The molecule has 1 aromatic rings. The van der Waals surface area contributed by atoms with Crippen molar-refractivity contribution in [3.63, 3.8) is 0 Å². The average molecular weight is 181 g/mol. The first-order valence-corrected chi connectivity index (χ1v) is 4.41. The lowest BCUT2D eigenvalue weighted by atomic mass is 10.2. The molecular weight excluding hydrogens is 166 g/mol. The van der Waals surface area contributed by atoms with Gasteiger partial charge in [0, 0.05) is 19.7 Å². The molecule has 0 aromatic carbocycles. The van der Waals surface area contributed by atoms with Crippen molar-refractivity contribution in [3.8, 4) is 0 Å². The number of hydrogen-bond acceptors (Lipinski definition) is 3. The normalized spacial score (nSPS) is 10.3. The van der Waals surface area contributed by atoms with Crippen molar-refractivity contribution in [1.29, 1.82) is 0 Å². The number of rotatable bonds is 5. The van der Waals surface area contributed by atoms with Gasteiger partial charge in [-0.1, -0.05) is 0 Å². The van der Waals surface area contributed by atoms with Gasteiger partial charge in [0.2, 0.25) is 0 Å². The molecule has 0 aliphatic rings. The Morgan fingerprint density at radius 2 is 2.46 bits per heavy atom. The van der Waals surface area contributed by atoms with Crippen molar-refractivity contribution in [1.82, 2.24) is 15.1 Å². The van der Waals surface area contributed by atoms with E-state index in [-0.39, 0.29) is 5.78 Å². The molecule has 0 unspecified atom stereocenters. The van der Waals surface area contributed by atoms with E-state index in [1.54, 1.807) is 16.9 Å². The summed E-state index contributed by atoms with van der Waals surface area (Å²) in [5.41, 5.74) is 0.568. The van der Waals surface area contributed by atoms with Crippen LogP contribution in [0, 0.1) is 0 Å². The molecule has 4 heteroatoms. The summed E-state index contributed by atoms with van der Waals surface area (Å²) >= 11 is 0. The standard InChI is InChI=1S/C9H15N3O/c1-10-6-3-4-9(13)8-5-7-12(2)11-8/h5,7,10H,3-4,6H2,1-2H3. The van der Waals surface area contributed by atoms with E-state index in [4.69, 9.17) is 0 Å². The molecule has 0 fully saturated rings. The van der Waals surface area contributed by atoms with Crippen LogP contribution in [-0.4, -0.2) is 29.2 Å². The maximum atomic E-state index is 11.4. The first kappa shape index (κ1) is 9.92. The lowest BCUT2D eigenvalue weighted by molar-refractivity contribution is 0.0974. The van der Waals surface area contributed by atoms with Crippen molar-refractivity contribution in [2.45, 2.75) is 12.8 Å². The van der Waals surface area contributed by atoms with Crippen molar-refractivity contribution >= 4 is 5.78 Å². The van der Waals surface area contributed by atoms with Crippen LogP contribution in [0.4, 0.5) is 0 Å². The number of Topliss-reactive ketones (excluding diaryl/α,β-unsaturated/α-hetero) is 1. The van der Waals surface area contributed by atoms with Crippen molar-refractivity contribution in [2.24, 2.45) is 7.05 Å². The number of ketones is 1. The van der Waals surface area contributed by atoms with Gasteiger partial charge in [0.1, 0.15) is 5.69 Å². The van der Waals surface area contributed by atoms with E-state index in [1.165, 1.54) is 0 Å². The summed E-state index contributed by atoms with van der Waals surface area (Å²) in [6, 6.07) is 1.75. The Morgan fingerprint density at radius 3 is 3.00 bits per heavy atom. The molecule has 0 aliphatic heterocycles. The molecule has 0 radical (unpaired) electrons. The first-order valence-electron chi connectivity index (χ1n) is 4.41. The number of nitrogens with zero attached hydrogens (tertiary/aromatic N) is 2. The highest BCUT2D eigenvalue weighted by Crippen LogP contribution is 2.01. The van der Waals surface area contributed by atoms with Crippen LogP contribution in [0.5, 0.6) is 0 Å². The van der Waals surface area contributed by atoms with E-state index in [9.17, 15) is 4.79 Å². The van der Waals surface area contributed by atoms with Gasteiger partial charge >= 0.3 is 0 Å². The van der Waals surface area contributed by atoms with E-state index in [2.05, 4.69) is 10.4 Å². The molecule has 0 saturated carbocycles. The molecule has 1 N–H and O–H groups in total. The van der Waals surface area contributed by atoms with Gasteiger partial charge in [-0.2, -0.15) is 5.10 Å². The second kappa shape index (κ2) is 4.77. The summed E-state index contributed by atoms with van der Waals surface area (Å²) < 4.78 is 1.64. The number of carbonyl (C=O) groups is 1. The van der Waals surface area contributed by atoms with Gasteiger partial charge in [-0.05, 0) is 26.1 Å². The highest BCUT2D eigenvalue weighted by Gasteiger charge is 2.07. The minimum absolute atomic E-state index is 0.121. The molecule has 0 atom stereocenters. The minimum atomic E-state index is 0.121. The van der Waals surface area contributed by atoms with Crippen LogP contribution in [0.3, 0.4) is 0 Å². The van der Waals surface area contributed by atoms with Crippen molar-refractivity contribution < 1.29 is 4.79 Å². The maximum absolute atomic E-state index is 11.4. The molecular formula is C9H15N3O. The zero-order valence-corrected chi connectivity index (χ0v) is 8.08. The Morgan fingerprint density at radius 1 is 1.69 bits per heavy atom. The summed E-state index contributed by atoms with van der Waals surface area (Å²) in [5.74, 6) is 0.121. The fourth-order valence-electron chi connectivity index (χ4n) is 1.12. The second-order valence-electron chi connectivity index (χ2n) is 3.00. The van der Waals surface area contributed by atoms with Crippen LogP contribution in [-0.2, 0) is 7.05 Å². The van der Waals surface area contributed by atoms with Gasteiger partial charge in [0.25, 0.3) is 0 Å². The van der Waals surface area contributed by atoms with Gasteiger partial charge in [-0.15, -0.1) is 0 Å². The Balaban J connectivity index is 2.40. The minimum Gasteiger partial charge on any atom is -0.320 e. The number of nitrogens with one attached hydrogen (secondary N) is 1. The Labute approximate surface area is 77.9 Å². The summed E-state index contributed by atoms with van der Waals surface area (Å²) in [5, 5.41) is 7.04. The topological polar surface area (TPSA) is 46.9 Å². The molecule has 0 spiro atoms. The zero-order valence-electron chi connectivity index (χ0n) is 8.08. The summed E-state index contributed by atoms with van der Waals surface area (Å²) in [4.78, 5) is 11.4. The van der Waals surface area contributed by atoms with Gasteiger partial charge in [0.15, 0.2) is 5.78 Å². The molecule has 4 nitrogen and oxygen atoms in total. The molecule has 0 aliphatic carbocycles. The third kappa shape index (κ3) is 2.99. The molecule has 1 rings (SSSR count). The van der Waals surface area contributed by atoms with Crippen LogP contribution < -0.4 is 5.32 Å². The molecule has 0 saturated heterocycles. The second-order valence-corrected chi connectivity index (χ2v) is 3.00. The molecule has 0 amide bonds. The monoisotopic (exact) mass is 181 g/mol. The predicted octanol–water partition coefficient (Wildman–Crippen LogP) is 0.602. The molecule has 13 heavy (non-hydrogen) atoms. The van der Waals surface area contributed by atoms with Crippen LogP contribution in [0.2, 0.25) is 0 Å². The number of aryl methyl sites for hydroxylation is 1. The fourth-order valence-corrected chi connectivity index (χ4v) is 1.12. The van der Waals surface area contributed by atoms with E-state index in [1.807, 2.05) is 14.1 Å². The van der Waals surface area contributed by atoms with E-state index in [0.717, 1.165) is 13.0 Å². The van der Waals surface area contributed by atoms with Crippen molar-refractivity contribution in [3.05, 3.63) is 18.0 Å². The average Bonchev–Trinajstić information content (AvgIpc) is 2.52. The smallest absolute Gasteiger partial charge is 0.183 e. The molecule has 72 valence electrons. The lowest BCUT2D eigenvalue weighted by Crippen LogP contribution is -2.10. The Bertz CT molecular complexity index is 280. The zero-order chi connectivity index (χ0) is 9.68. The Hall–Kier alpha value is -1.16. The fraction of sp³-hybridized carbons (Fsp3) is 0.556. The van der Waals surface area contributed by atoms with Crippen LogP contribution >= 0.6 is 0 Å². The highest BCUT2D eigenvalue weighted by molar-refractivity contribution is 5.94. The van der Waals surface area contributed by atoms with Gasteiger partial charge < -0.3 is 5.32 Å². The highest BCUT2D eigenvalue weighted by atomic mass is 16.1. The number of carbonyl (C=O) groups excluding carboxylic acids is 1. The summed E-state index contributed by atoms with van der Waals surface area (Å²) in [7, 11) is 3.69. The number of aromatic nitrogens is 2. The third-order valence-corrected chi connectivity index (χ3v) is 1.83. The largest absolute Gasteiger partial charge is 0.320 e. The predicted molar refractivity (Wildman–Crippen MR) is 50.7 cm³/mol. The van der Waals surface area contributed by atoms with Crippen LogP contribution in [0.15, 0.2) is 12.3 Å². The summed E-state index contributed by atoms with van der Waals surface area (Å²) in [6.07, 6.45) is 3.22. The molecule has 0 bridgehead atoms. The van der Waals surface area contributed by atoms with E-state index < -0.39 is 0 Å².